The van der Waals surface area contributed by atoms with E-state index in [2.05, 4.69) is 35.9 Å². The number of nitrogens with zero attached hydrogens (tertiary/aromatic N) is 5. The molecule has 0 spiro atoms. The van der Waals surface area contributed by atoms with E-state index in [0.717, 1.165) is 16.8 Å². The number of benzene rings is 2. The van der Waals surface area contributed by atoms with Crippen LogP contribution in [0.3, 0.4) is 0 Å². The van der Waals surface area contributed by atoms with Crippen molar-refractivity contribution < 1.29 is 9.18 Å². The Morgan fingerprint density at radius 3 is 2.71 bits per heavy atom. The number of rotatable bonds is 8. The predicted molar refractivity (Wildman–Crippen MR) is 130 cm³/mol. The van der Waals surface area contributed by atoms with Crippen LogP contribution in [0, 0.1) is 5.82 Å². The van der Waals surface area contributed by atoms with Gasteiger partial charge >= 0.3 is 6.03 Å². The van der Waals surface area contributed by atoms with Gasteiger partial charge in [-0.3, -0.25) is 0 Å². The van der Waals surface area contributed by atoms with Crippen LogP contribution in [0.15, 0.2) is 73.2 Å². The predicted octanol–water partition coefficient (Wildman–Crippen LogP) is 3.95. The first-order chi connectivity index (χ1) is 17.1. The normalized spacial score (nSPS) is 12.9. The van der Waals surface area contributed by atoms with Gasteiger partial charge in [-0.2, -0.15) is 4.98 Å². The van der Waals surface area contributed by atoms with Gasteiger partial charge in [-0.1, -0.05) is 24.3 Å². The Morgan fingerprint density at radius 2 is 1.89 bits per heavy atom. The molecule has 0 saturated carbocycles. The minimum atomic E-state index is -0.274. The summed E-state index contributed by atoms with van der Waals surface area (Å²) in [5, 5.41) is 9.30. The summed E-state index contributed by atoms with van der Waals surface area (Å²) < 4.78 is 13.2. The average molecular weight is 471 g/mol. The van der Waals surface area contributed by atoms with Crippen LogP contribution in [0.1, 0.15) is 11.1 Å². The maximum Gasteiger partial charge on any atom is 0.317 e. The number of halogens is 1. The van der Waals surface area contributed by atoms with Gasteiger partial charge in [-0.05, 0) is 47.5 Å². The van der Waals surface area contributed by atoms with Gasteiger partial charge < -0.3 is 20.9 Å². The molecule has 3 heterocycles. The van der Waals surface area contributed by atoms with Crippen LogP contribution in [0.4, 0.5) is 26.6 Å². The van der Waals surface area contributed by atoms with Crippen molar-refractivity contribution in [3.63, 3.8) is 0 Å². The summed E-state index contributed by atoms with van der Waals surface area (Å²) >= 11 is 0. The molecule has 0 unspecified atom stereocenters. The second kappa shape index (κ2) is 10.1. The summed E-state index contributed by atoms with van der Waals surface area (Å²) in [6.07, 6.45) is 3.13. The quantitative estimate of drug-likeness (QED) is 0.358. The Kier molecular flexibility index (Phi) is 6.42. The topological polar surface area (TPSA) is 108 Å². The van der Waals surface area contributed by atoms with Crippen molar-refractivity contribution in [2.45, 2.75) is 13.1 Å². The highest BCUT2D eigenvalue weighted by Gasteiger charge is 2.19. The Morgan fingerprint density at radius 1 is 1.00 bits per heavy atom. The zero-order valence-electron chi connectivity index (χ0n) is 18.8. The van der Waals surface area contributed by atoms with Crippen LogP contribution in [0.2, 0.25) is 0 Å². The number of urea groups is 1. The number of anilines is 3. The van der Waals surface area contributed by atoms with Crippen molar-refractivity contribution in [2.75, 3.05) is 23.7 Å². The largest absolute Gasteiger partial charge is 0.365 e. The zero-order valence-corrected chi connectivity index (χ0v) is 18.8. The number of carbonyl (C=O) groups is 1. The SMILES string of the molecule is O=C1NCCN1Cc1cccc(Nc2ncnc(-c3cccnc3NCc3ccc(F)cc3)n2)c1. The molecule has 0 atom stereocenters. The minimum Gasteiger partial charge on any atom is -0.365 e. The number of pyridine rings is 1. The van der Waals surface area contributed by atoms with E-state index in [-0.39, 0.29) is 11.8 Å². The Balaban J connectivity index is 1.31. The summed E-state index contributed by atoms with van der Waals surface area (Å²) in [6, 6.07) is 17.7. The van der Waals surface area contributed by atoms with Gasteiger partial charge in [0.05, 0.1) is 5.56 Å². The third-order valence-electron chi connectivity index (χ3n) is 5.50. The Hall–Kier alpha value is -4.60. The minimum absolute atomic E-state index is 0.0502. The molecule has 2 amide bonds. The van der Waals surface area contributed by atoms with Crippen molar-refractivity contribution >= 4 is 23.5 Å². The third-order valence-corrected chi connectivity index (χ3v) is 5.50. The summed E-state index contributed by atoms with van der Waals surface area (Å²) in [7, 11) is 0. The molecule has 35 heavy (non-hydrogen) atoms. The van der Waals surface area contributed by atoms with Gasteiger partial charge in [0.1, 0.15) is 18.0 Å². The Bertz CT molecular complexity index is 1330. The van der Waals surface area contributed by atoms with E-state index in [0.29, 0.717) is 49.3 Å². The van der Waals surface area contributed by atoms with Gasteiger partial charge in [0.2, 0.25) is 5.95 Å². The van der Waals surface area contributed by atoms with Gasteiger partial charge in [-0.25, -0.2) is 24.1 Å². The summed E-state index contributed by atoms with van der Waals surface area (Å²) in [6.45, 7) is 2.36. The molecule has 9 nitrogen and oxygen atoms in total. The number of hydrogen-bond acceptors (Lipinski definition) is 7. The molecule has 176 valence electrons. The molecule has 3 N–H and O–H groups in total. The van der Waals surface area contributed by atoms with Crippen molar-refractivity contribution in [3.05, 3.63) is 90.1 Å². The molecule has 10 heteroatoms. The molecular weight excluding hydrogens is 447 g/mol. The standard InChI is InChI=1S/C25H23FN8O/c26-19-8-6-17(7-9-19)14-29-22-21(5-2-10-27-22)23-30-16-31-24(33-23)32-20-4-1-3-18(13-20)15-34-12-11-28-25(34)35/h1-10,13,16H,11-12,14-15H2,(H,27,29)(H,28,35)(H,30,31,32,33). The molecule has 4 aromatic rings. The fourth-order valence-corrected chi connectivity index (χ4v) is 3.76. The fraction of sp³-hybridized carbons (Fsp3) is 0.160. The number of hydrogen-bond donors (Lipinski definition) is 3. The first-order valence-electron chi connectivity index (χ1n) is 11.2. The molecule has 0 bridgehead atoms. The van der Waals surface area contributed by atoms with Gasteiger partial charge in [0.15, 0.2) is 5.82 Å². The Labute approximate surface area is 201 Å². The molecule has 1 fully saturated rings. The first kappa shape index (κ1) is 22.2. The van der Waals surface area contributed by atoms with E-state index in [4.69, 9.17) is 0 Å². The smallest absolute Gasteiger partial charge is 0.317 e. The monoisotopic (exact) mass is 470 g/mol. The average Bonchev–Trinajstić information content (AvgIpc) is 3.28. The first-order valence-corrected chi connectivity index (χ1v) is 11.2. The molecule has 1 aliphatic rings. The maximum absolute atomic E-state index is 13.2. The van der Waals surface area contributed by atoms with E-state index in [9.17, 15) is 9.18 Å². The van der Waals surface area contributed by atoms with Gasteiger partial charge in [0.25, 0.3) is 0 Å². The highest BCUT2D eigenvalue weighted by molar-refractivity contribution is 5.76. The number of nitrogens with one attached hydrogen (secondary N) is 3. The molecule has 5 rings (SSSR count). The lowest BCUT2D eigenvalue weighted by molar-refractivity contribution is 0.215. The lowest BCUT2D eigenvalue weighted by atomic mass is 10.2. The zero-order chi connectivity index (χ0) is 24.0. The van der Waals surface area contributed by atoms with Crippen LogP contribution < -0.4 is 16.0 Å². The summed E-state index contributed by atoms with van der Waals surface area (Å²) in [5.74, 6) is 1.19. The van der Waals surface area contributed by atoms with Crippen LogP contribution in [-0.2, 0) is 13.1 Å². The highest BCUT2D eigenvalue weighted by Crippen LogP contribution is 2.24. The lowest BCUT2D eigenvalue weighted by Crippen LogP contribution is -2.27. The van der Waals surface area contributed by atoms with E-state index in [1.807, 2.05) is 36.4 Å². The number of carbonyl (C=O) groups excluding carboxylic acids is 1. The molecule has 0 aliphatic carbocycles. The molecule has 1 saturated heterocycles. The van der Waals surface area contributed by atoms with E-state index < -0.39 is 0 Å². The molecular formula is C25H23FN8O. The summed E-state index contributed by atoms with van der Waals surface area (Å²) in [4.78, 5) is 31.2. The fourth-order valence-electron chi connectivity index (χ4n) is 3.76. The van der Waals surface area contributed by atoms with Crippen LogP contribution in [-0.4, -0.2) is 44.0 Å². The maximum atomic E-state index is 13.2. The molecule has 2 aromatic carbocycles. The van der Waals surface area contributed by atoms with Gasteiger partial charge in [0, 0.05) is 38.1 Å². The van der Waals surface area contributed by atoms with Crippen LogP contribution in [0.25, 0.3) is 11.4 Å². The van der Waals surface area contributed by atoms with E-state index in [1.165, 1.54) is 18.5 Å². The van der Waals surface area contributed by atoms with Crippen molar-refractivity contribution in [2.24, 2.45) is 0 Å². The number of amides is 2. The summed E-state index contributed by atoms with van der Waals surface area (Å²) in [5.41, 5.74) is 3.45. The van der Waals surface area contributed by atoms with E-state index in [1.54, 1.807) is 23.2 Å². The second-order valence-electron chi connectivity index (χ2n) is 7.99. The lowest BCUT2D eigenvalue weighted by Gasteiger charge is -2.15. The van der Waals surface area contributed by atoms with Crippen LogP contribution >= 0.6 is 0 Å². The molecule has 1 aliphatic heterocycles. The van der Waals surface area contributed by atoms with Gasteiger partial charge in [-0.15, -0.1) is 0 Å². The third kappa shape index (κ3) is 5.49. The highest BCUT2D eigenvalue weighted by atomic mass is 19.1. The van der Waals surface area contributed by atoms with Crippen molar-refractivity contribution in [1.29, 1.82) is 0 Å². The molecule has 2 aromatic heterocycles. The van der Waals surface area contributed by atoms with Crippen molar-refractivity contribution in [3.8, 4) is 11.4 Å². The molecule has 0 radical (unpaired) electrons. The van der Waals surface area contributed by atoms with Crippen LogP contribution in [0.5, 0.6) is 0 Å². The van der Waals surface area contributed by atoms with Crippen molar-refractivity contribution in [1.82, 2.24) is 30.2 Å². The number of aromatic nitrogens is 4. The second-order valence-corrected chi connectivity index (χ2v) is 7.99. The van der Waals surface area contributed by atoms with E-state index >= 15 is 0 Å².